The Bertz CT molecular complexity index is 807. The van der Waals surface area contributed by atoms with Crippen molar-refractivity contribution in [2.75, 3.05) is 6.54 Å². The van der Waals surface area contributed by atoms with E-state index in [-0.39, 0.29) is 23.7 Å². The summed E-state index contributed by atoms with van der Waals surface area (Å²) < 4.78 is 0. The number of carbonyl (C=O) groups is 2. The first-order valence-corrected chi connectivity index (χ1v) is 9.02. The number of carbonyl (C=O) groups excluding carboxylic acids is 2. The predicted octanol–water partition coefficient (Wildman–Crippen LogP) is 3.62. The van der Waals surface area contributed by atoms with Gasteiger partial charge in [-0.25, -0.2) is 0 Å². The molecule has 1 fully saturated rings. The van der Waals surface area contributed by atoms with Crippen LogP contribution in [0.3, 0.4) is 0 Å². The van der Waals surface area contributed by atoms with E-state index in [9.17, 15) is 9.59 Å². The molecule has 1 unspecified atom stereocenters. The second-order valence-electron chi connectivity index (χ2n) is 7.23. The lowest BCUT2D eigenvalue weighted by Gasteiger charge is -2.45. The molecule has 2 aliphatic heterocycles. The topological polar surface area (TPSA) is 53.2 Å². The number of fused-ring (bicyclic) bond motifs is 5. The van der Waals surface area contributed by atoms with Gasteiger partial charge in [-0.1, -0.05) is 31.5 Å². The molecule has 4 heteroatoms. The fourth-order valence-electron chi connectivity index (χ4n) is 4.79. The highest BCUT2D eigenvalue weighted by atomic mass is 16.2. The molecule has 4 nitrogen and oxygen atoms in total. The Morgan fingerprint density at radius 2 is 2.12 bits per heavy atom. The lowest BCUT2D eigenvalue weighted by Crippen LogP contribution is -2.52. The molecule has 1 saturated heterocycles. The van der Waals surface area contributed by atoms with Gasteiger partial charge in [0.25, 0.3) is 0 Å². The Kier molecular flexibility index (Phi) is 3.70. The first-order valence-electron chi connectivity index (χ1n) is 9.02. The van der Waals surface area contributed by atoms with Gasteiger partial charge in [0.1, 0.15) is 5.78 Å². The van der Waals surface area contributed by atoms with Crippen molar-refractivity contribution in [2.24, 2.45) is 11.8 Å². The normalized spacial score (nSPS) is 26.3. The highest BCUT2D eigenvalue weighted by Gasteiger charge is 2.46. The standard InChI is InChI=1S/C20H24N2O2/c1-3-6-13-11-17-19-15(14-7-4-5-8-16(14)21-19)9-10-22(17)20(24)18(13)12(2)23/h4-5,7-8,13,17-18,21H,3,6,9-11H2,1-2H3/t13-,17+,18?/m1/s1. The fraction of sp³-hybridized carbons (Fsp3) is 0.500. The molecule has 0 radical (unpaired) electrons. The molecule has 1 aromatic heterocycles. The summed E-state index contributed by atoms with van der Waals surface area (Å²) in [5, 5.41) is 1.28. The van der Waals surface area contributed by atoms with Gasteiger partial charge in [-0.2, -0.15) is 0 Å². The molecule has 2 aliphatic rings. The number of nitrogens with zero attached hydrogens (tertiary/aromatic N) is 1. The number of aromatic amines is 1. The number of hydrogen-bond donors (Lipinski definition) is 1. The maximum absolute atomic E-state index is 13.0. The minimum absolute atomic E-state index is 0.0272. The van der Waals surface area contributed by atoms with E-state index >= 15 is 0 Å². The van der Waals surface area contributed by atoms with E-state index in [4.69, 9.17) is 0 Å². The maximum atomic E-state index is 13.0. The van der Waals surface area contributed by atoms with Crippen molar-refractivity contribution in [1.82, 2.24) is 9.88 Å². The second kappa shape index (κ2) is 5.76. The number of amides is 1. The van der Waals surface area contributed by atoms with Crippen molar-refractivity contribution in [3.8, 4) is 0 Å². The van der Waals surface area contributed by atoms with Gasteiger partial charge >= 0.3 is 0 Å². The largest absolute Gasteiger partial charge is 0.356 e. The van der Waals surface area contributed by atoms with Crippen LogP contribution in [-0.4, -0.2) is 28.1 Å². The molecule has 0 spiro atoms. The first-order chi connectivity index (χ1) is 11.6. The average Bonchev–Trinajstić information content (AvgIpc) is 2.94. The molecule has 0 saturated carbocycles. The Morgan fingerprint density at radius 1 is 1.33 bits per heavy atom. The van der Waals surface area contributed by atoms with Crippen LogP contribution in [0.1, 0.15) is 50.4 Å². The molecular weight excluding hydrogens is 300 g/mol. The summed E-state index contributed by atoms with van der Waals surface area (Å²) >= 11 is 0. The summed E-state index contributed by atoms with van der Waals surface area (Å²) in [6, 6.07) is 8.47. The minimum atomic E-state index is -0.438. The number of ketones is 1. The highest BCUT2D eigenvalue weighted by molar-refractivity contribution is 6.01. The quantitative estimate of drug-likeness (QED) is 0.877. The summed E-state index contributed by atoms with van der Waals surface area (Å²) in [6.07, 6.45) is 3.71. The number of H-pyrrole nitrogens is 1. The van der Waals surface area contributed by atoms with Crippen molar-refractivity contribution in [2.45, 2.75) is 45.6 Å². The van der Waals surface area contributed by atoms with E-state index in [0.29, 0.717) is 0 Å². The van der Waals surface area contributed by atoms with Gasteiger partial charge in [-0.3, -0.25) is 9.59 Å². The van der Waals surface area contributed by atoms with Gasteiger partial charge in [0.2, 0.25) is 5.91 Å². The summed E-state index contributed by atoms with van der Waals surface area (Å²) in [6.45, 7) is 4.42. The summed E-state index contributed by atoms with van der Waals surface area (Å²) in [5.41, 5.74) is 3.70. The SMILES string of the molecule is CCC[C@@H]1C[C@H]2c3[nH]c4ccccc4c3CCN2C(=O)C1C(C)=O. The van der Waals surface area contributed by atoms with Crippen molar-refractivity contribution in [3.05, 3.63) is 35.5 Å². The van der Waals surface area contributed by atoms with Crippen LogP contribution >= 0.6 is 0 Å². The van der Waals surface area contributed by atoms with Crippen LogP contribution in [0.15, 0.2) is 24.3 Å². The Labute approximate surface area is 142 Å². The third-order valence-electron chi connectivity index (χ3n) is 5.80. The van der Waals surface area contributed by atoms with Crippen molar-refractivity contribution in [1.29, 1.82) is 0 Å². The third-order valence-corrected chi connectivity index (χ3v) is 5.80. The number of rotatable bonds is 3. The summed E-state index contributed by atoms with van der Waals surface area (Å²) in [5.74, 6) is -0.202. The minimum Gasteiger partial charge on any atom is -0.356 e. The van der Waals surface area contributed by atoms with Gasteiger partial charge in [0, 0.05) is 23.1 Å². The molecule has 3 atom stereocenters. The zero-order valence-electron chi connectivity index (χ0n) is 14.3. The Morgan fingerprint density at radius 3 is 2.88 bits per heavy atom. The lowest BCUT2D eigenvalue weighted by molar-refractivity contribution is -0.151. The molecule has 1 aromatic carbocycles. The van der Waals surface area contributed by atoms with E-state index in [1.54, 1.807) is 6.92 Å². The fourth-order valence-corrected chi connectivity index (χ4v) is 4.79. The smallest absolute Gasteiger partial charge is 0.233 e. The Balaban J connectivity index is 1.77. The Hall–Kier alpha value is -2.10. The van der Waals surface area contributed by atoms with Crippen LogP contribution in [0.2, 0.25) is 0 Å². The van der Waals surface area contributed by atoms with Crippen molar-refractivity contribution < 1.29 is 9.59 Å². The zero-order valence-corrected chi connectivity index (χ0v) is 14.3. The van der Waals surface area contributed by atoms with E-state index in [1.807, 2.05) is 11.0 Å². The number of nitrogens with one attached hydrogen (secondary N) is 1. The molecule has 126 valence electrons. The van der Waals surface area contributed by atoms with Gasteiger partial charge in [-0.15, -0.1) is 0 Å². The molecule has 1 amide bonds. The molecule has 0 aliphatic carbocycles. The second-order valence-corrected chi connectivity index (χ2v) is 7.23. The number of benzene rings is 1. The van der Waals surface area contributed by atoms with Gasteiger partial charge in [0.15, 0.2) is 0 Å². The summed E-state index contributed by atoms with van der Waals surface area (Å²) in [7, 11) is 0. The number of para-hydroxylation sites is 1. The monoisotopic (exact) mass is 324 g/mol. The van der Waals surface area contributed by atoms with Crippen molar-refractivity contribution in [3.63, 3.8) is 0 Å². The molecule has 3 heterocycles. The van der Waals surface area contributed by atoms with Crippen LogP contribution < -0.4 is 0 Å². The van der Waals surface area contributed by atoms with E-state index in [1.165, 1.54) is 16.6 Å². The number of aromatic nitrogens is 1. The van der Waals surface area contributed by atoms with Gasteiger partial charge in [-0.05, 0) is 43.7 Å². The van der Waals surface area contributed by atoms with Crippen LogP contribution in [0.5, 0.6) is 0 Å². The first kappa shape index (κ1) is 15.4. The lowest BCUT2D eigenvalue weighted by atomic mass is 9.74. The number of Topliss-reactive ketones (excluding diaryl/α,β-unsaturated/α-hetero) is 1. The molecule has 0 bridgehead atoms. The van der Waals surface area contributed by atoms with Gasteiger partial charge < -0.3 is 9.88 Å². The molecule has 2 aromatic rings. The molecular formula is C20H24N2O2. The summed E-state index contributed by atoms with van der Waals surface area (Å²) in [4.78, 5) is 30.6. The maximum Gasteiger partial charge on any atom is 0.233 e. The zero-order chi connectivity index (χ0) is 16.8. The van der Waals surface area contributed by atoms with Crippen LogP contribution in [0, 0.1) is 11.8 Å². The third kappa shape index (κ3) is 2.20. The molecule has 4 rings (SSSR count). The van der Waals surface area contributed by atoms with E-state index in [0.717, 1.165) is 37.7 Å². The molecule has 1 N–H and O–H groups in total. The van der Waals surface area contributed by atoms with Crippen LogP contribution in [0.25, 0.3) is 10.9 Å². The van der Waals surface area contributed by atoms with Crippen molar-refractivity contribution >= 4 is 22.6 Å². The number of hydrogen-bond acceptors (Lipinski definition) is 2. The van der Waals surface area contributed by atoms with E-state index < -0.39 is 5.92 Å². The van der Waals surface area contributed by atoms with Crippen LogP contribution in [0.4, 0.5) is 0 Å². The predicted molar refractivity (Wildman–Crippen MR) is 93.6 cm³/mol. The van der Waals surface area contributed by atoms with Crippen LogP contribution in [-0.2, 0) is 16.0 Å². The molecule has 24 heavy (non-hydrogen) atoms. The average molecular weight is 324 g/mol. The number of piperidine rings is 1. The highest BCUT2D eigenvalue weighted by Crippen LogP contribution is 2.44. The van der Waals surface area contributed by atoms with E-state index in [2.05, 4.69) is 30.1 Å². The van der Waals surface area contributed by atoms with Gasteiger partial charge in [0.05, 0.1) is 12.0 Å².